The Bertz CT molecular complexity index is 477. The molecule has 6 nitrogen and oxygen atoms in total. The molecule has 0 unspecified atom stereocenters. The quantitative estimate of drug-likeness (QED) is 0.647. The lowest BCUT2D eigenvalue weighted by atomic mass is 10.1. The molecule has 0 fully saturated rings. The van der Waals surface area contributed by atoms with E-state index in [1.165, 1.54) is 18.2 Å². The number of benzene rings is 1. The predicted octanol–water partition coefficient (Wildman–Crippen LogP) is 2.01. The number of urea groups is 1. The first-order chi connectivity index (χ1) is 8.19. The molecule has 1 aromatic rings. The number of anilines is 1. The summed E-state index contributed by atoms with van der Waals surface area (Å²) in [5.41, 5.74) is -0.274. The lowest BCUT2D eigenvalue weighted by molar-refractivity contribution is 0.0694. The molecule has 0 saturated carbocycles. The summed E-state index contributed by atoms with van der Waals surface area (Å²) in [7, 11) is 0. The van der Waals surface area contributed by atoms with Gasteiger partial charge in [0.25, 0.3) is 0 Å². The number of aromatic carboxylic acids is 1. The smallest absolute Gasteiger partial charge is 0.339 e. The fraction of sp³-hybridized carbons (Fsp3) is 0.333. The Balaban J connectivity index is 2.78. The number of carboxylic acids is 1. The summed E-state index contributed by atoms with van der Waals surface area (Å²) in [6.45, 7) is 5.49. The molecule has 4 N–H and O–H groups in total. The van der Waals surface area contributed by atoms with Crippen LogP contribution in [0.3, 0.4) is 0 Å². The van der Waals surface area contributed by atoms with Crippen molar-refractivity contribution in [2.24, 2.45) is 0 Å². The highest BCUT2D eigenvalue weighted by Gasteiger charge is 2.15. The van der Waals surface area contributed by atoms with Gasteiger partial charge < -0.3 is 20.8 Å². The number of nitrogens with one attached hydrogen (secondary N) is 2. The Morgan fingerprint density at radius 1 is 1.22 bits per heavy atom. The maximum absolute atomic E-state index is 11.5. The van der Waals surface area contributed by atoms with E-state index in [-0.39, 0.29) is 11.1 Å². The molecule has 0 aliphatic carbocycles. The number of carbonyl (C=O) groups excluding carboxylic acids is 1. The van der Waals surface area contributed by atoms with Crippen molar-refractivity contribution in [3.05, 3.63) is 23.8 Å². The Labute approximate surface area is 105 Å². The van der Waals surface area contributed by atoms with Crippen molar-refractivity contribution in [1.29, 1.82) is 0 Å². The minimum Gasteiger partial charge on any atom is -0.507 e. The monoisotopic (exact) mass is 252 g/mol. The second-order valence-electron chi connectivity index (χ2n) is 4.87. The average Bonchev–Trinajstić information content (AvgIpc) is 2.13. The van der Waals surface area contributed by atoms with Crippen molar-refractivity contribution < 1.29 is 19.8 Å². The van der Waals surface area contributed by atoms with Crippen LogP contribution in [0.1, 0.15) is 31.1 Å². The predicted molar refractivity (Wildman–Crippen MR) is 67.0 cm³/mol. The van der Waals surface area contributed by atoms with Crippen LogP contribution < -0.4 is 10.6 Å². The minimum absolute atomic E-state index is 0.211. The third kappa shape index (κ3) is 3.97. The molecule has 0 aromatic heterocycles. The molecule has 2 amide bonds. The van der Waals surface area contributed by atoms with Crippen LogP contribution in [0.2, 0.25) is 0 Å². The summed E-state index contributed by atoms with van der Waals surface area (Å²) in [5.74, 6) is -1.62. The molecule has 0 radical (unpaired) electrons. The highest BCUT2D eigenvalue weighted by atomic mass is 16.4. The van der Waals surface area contributed by atoms with Gasteiger partial charge in [-0.25, -0.2) is 9.59 Å². The van der Waals surface area contributed by atoms with E-state index in [4.69, 9.17) is 5.11 Å². The molecule has 1 rings (SSSR count). The van der Waals surface area contributed by atoms with Crippen molar-refractivity contribution in [2.45, 2.75) is 26.3 Å². The molecule has 0 atom stereocenters. The van der Waals surface area contributed by atoms with Gasteiger partial charge in [0.1, 0.15) is 11.3 Å². The maximum atomic E-state index is 11.5. The molecule has 0 spiro atoms. The summed E-state index contributed by atoms with van der Waals surface area (Å²) >= 11 is 0. The largest absolute Gasteiger partial charge is 0.507 e. The molecule has 0 bridgehead atoms. The van der Waals surface area contributed by atoms with E-state index in [2.05, 4.69) is 10.6 Å². The number of carbonyl (C=O) groups is 2. The van der Waals surface area contributed by atoms with Crippen LogP contribution in [0.25, 0.3) is 0 Å². The maximum Gasteiger partial charge on any atom is 0.339 e. The minimum atomic E-state index is -1.22. The average molecular weight is 252 g/mol. The number of hydrogen-bond donors (Lipinski definition) is 4. The van der Waals surface area contributed by atoms with E-state index < -0.39 is 17.7 Å². The van der Waals surface area contributed by atoms with Gasteiger partial charge in [-0.3, -0.25) is 0 Å². The van der Waals surface area contributed by atoms with Crippen LogP contribution in [-0.2, 0) is 0 Å². The van der Waals surface area contributed by atoms with Gasteiger partial charge in [-0.2, -0.15) is 0 Å². The first-order valence-electron chi connectivity index (χ1n) is 5.34. The van der Waals surface area contributed by atoms with Gasteiger partial charge in [0.15, 0.2) is 0 Å². The van der Waals surface area contributed by atoms with E-state index in [1.54, 1.807) is 0 Å². The van der Waals surface area contributed by atoms with Gasteiger partial charge in [-0.15, -0.1) is 0 Å². The Morgan fingerprint density at radius 3 is 2.28 bits per heavy atom. The number of amides is 2. The number of phenols is 1. The first kappa shape index (κ1) is 13.8. The van der Waals surface area contributed by atoms with Crippen molar-refractivity contribution in [1.82, 2.24) is 5.32 Å². The molecule has 0 saturated heterocycles. The number of aromatic hydroxyl groups is 1. The van der Waals surface area contributed by atoms with Gasteiger partial charge in [-0.1, -0.05) is 0 Å². The Morgan fingerprint density at radius 2 is 1.83 bits per heavy atom. The standard InChI is InChI=1S/C12H16N2O4/c1-12(2,3)14-11(18)13-7-4-5-8(10(16)17)9(15)6-7/h4-6,15H,1-3H3,(H,16,17)(H2,13,14,18). The zero-order chi connectivity index (χ0) is 13.9. The van der Waals surface area contributed by atoms with Gasteiger partial charge >= 0.3 is 12.0 Å². The van der Waals surface area contributed by atoms with E-state index in [0.29, 0.717) is 5.69 Å². The van der Waals surface area contributed by atoms with Crippen LogP contribution in [0, 0.1) is 0 Å². The highest BCUT2D eigenvalue weighted by molar-refractivity contribution is 5.94. The summed E-state index contributed by atoms with van der Waals surface area (Å²) in [5, 5.41) is 23.4. The fourth-order valence-corrected chi connectivity index (χ4v) is 1.29. The number of hydrogen-bond acceptors (Lipinski definition) is 3. The van der Waals surface area contributed by atoms with Gasteiger partial charge in [0.05, 0.1) is 0 Å². The Kier molecular flexibility index (Phi) is 3.80. The molecule has 1 aromatic carbocycles. The molecule has 0 heterocycles. The zero-order valence-corrected chi connectivity index (χ0v) is 10.4. The van der Waals surface area contributed by atoms with Crippen molar-refractivity contribution in [2.75, 3.05) is 5.32 Å². The van der Waals surface area contributed by atoms with Crippen molar-refractivity contribution in [3.63, 3.8) is 0 Å². The molecule has 0 aliphatic heterocycles. The summed E-state index contributed by atoms with van der Waals surface area (Å²) in [6.07, 6.45) is 0. The molecule has 18 heavy (non-hydrogen) atoms. The van der Waals surface area contributed by atoms with E-state index in [0.717, 1.165) is 0 Å². The number of rotatable bonds is 2. The van der Waals surface area contributed by atoms with Crippen LogP contribution in [0.4, 0.5) is 10.5 Å². The molecular formula is C12H16N2O4. The van der Waals surface area contributed by atoms with Gasteiger partial charge in [0, 0.05) is 17.3 Å². The lowest BCUT2D eigenvalue weighted by Gasteiger charge is -2.20. The van der Waals surface area contributed by atoms with Crippen LogP contribution in [0.15, 0.2) is 18.2 Å². The third-order valence-electron chi connectivity index (χ3n) is 1.97. The second-order valence-corrected chi connectivity index (χ2v) is 4.87. The molecular weight excluding hydrogens is 236 g/mol. The molecule has 6 heteroatoms. The lowest BCUT2D eigenvalue weighted by Crippen LogP contribution is -2.43. The summed E-state index contributed by atoms with van der Waals surface area (Å²) in [4.78, 5) is 22.2. The molecule has 98 valence electrons. The van der Waals surface area contributed by atoms with Gasteiger partial charge in [-0.05, 0) is 32.9 Å². The fourth-order valence-electron chi connectivity index (χ4n) is 1.29. The zero-order valence-electron chi connectivity index (χ0n) is 10.4. The SMILES string of the molecule is CC(C)(C)NC(=O)Nc1ccc(C(=O)O)c(O)c1. The Hall–Kier alpha value is -2.24. The van der Waals surface area contributed by atoms with Crippen LogP contribution >= 0.6 is 0 Å². The second kappa shape index (κ2) is 4.95. The highest BCUT2D eigenvalue weighted by Crippen LogP contribution is 2.21. The third-order valence-corrected chi connectivity index (χ3v) is 1.97. The van der Waals surface area contributed by atoms with E-state index in [1.807, 2.05) is 20.8 Å². The van der Waals surface area contributed by atoms with Gasteiger partial charge in [0.2, 0.25) is 0 Å². The normalized spacial score (nSPS) is 10.8. The first-order valence-corrected chi connectivity index (χ1v) is 5.34. The van der Waals surface area contributed by atoms with Crippen LogP contribution in [-0.4, -0.2) is 27.8 Å². The van der Waals surface area contributed by atoms with Crippen molar-refractivity contribution in [3.8, 4) is 5.75 Å². The molecule has 0 aliphatic rings. The van der Waals surface area contributed by atoms with Crippen molar-refractivity contribution >= 4 is 17.7 Å². The summed E-state index contributed by atoms with van der Waals surface area (Å²) < 4.78 is 0. The number of carboxylic acid groups (broad SMARTS) is 1. The van der Waals surface area contributed by atoms with E-state index >= 15 is 0 Å². The topological polar surface area (TPSA) is 98.7 Å². The summed E-state index contributed by atoms with van der Waals surface area (Å²) in [6, 6.07) is 3.39. The van der Waals surface area contributed by atoms with Crippen LogP contribution in [0.5, 0.6) is 5.75 Å². The van der Waals surface area contributed by atoms with E-state index in [9.17, 15) is 14.7 Å².